The SMILES string of the molecule is CCCC(O)CC/C=C/CCCCCCCCCC(=O)[O-].[Na+]. The molecule has 0 saturated carbocycles. The first-order chi connectivity index (χ1) is 10.2. The van der Waals surface area contributed by atoms with Crippen molar-refractivity contribution in [3.8, 4) is 0 Å². The zero-order valence-electron chi connectivity index (χ0n) is 14.7. The molecule has 124 valence electrons. The van der Waals surface area contributed by atoms with Gasteiger partial charge in [-0.05, 0) is 44.9 Å². The number of hydrogen-bond acceptors (Lipinski definition) is 3. The monoisotopic (exact) mass is 320 g/mol. The van der Waals surface area contributed by atoms with Crippen LogP contribution >= 0.6 is 0 Å². The third kappa shape index (κ3) is 20.2. The van der Waals surface area contributed by atoms with Crippen LogP contribution in [0.1, 0.15) is 90.4 Å². The van der Waals surface area contributed by atoms with Gasteiger partial charge in [0.2, 0.25) is 0 Å². The summed E-state index contributed by atoms with van der Waals surface area (Å²) in [7, 11) is 0. The summed E-state index contributed by atoms with van der Waals surface area (Å²) in [4.78, 5) is 10.2. The van der Waals surface area contributed by atoms with E-state index in [-0.39, 0.29) is 42.1 Å². The van der Waals surface area contributed by atoms with Crippen molar-refractivity contribution < 1.29 is 44.6 Å². The van der Waals surface area contributed by atoms with E-state index in [9.17, 15) is 15.0 Å². The molecule has 3 nitrogen and oxygen atoms in total. The minimum Gasteiger partial charge on any atom is -0.550 e. The first kappa shape index (κ1) is 24.4. The number of carbonyl (C=O) groups excluding carboxylic acids is 1. The number of carbonyl (C=O) groups is 1. The molecule has 4 heteroatoms. The molecule has 0 aromatic carbocycles. The average Bonchev–Trinajstić information content (AvgIpc) is 2.44. The molecule has 1 atom stereocenters. The normalized spacial score (nSPS) is 12.3. The van der Waals surface area contributed by atoms with Gasteiger partial charge in [0.15, 0.2) is 0 Å². The quantitative estimate of drug-likeness (QED) is 0.275. The Balaban J connectivity index is 0. The zero-order chi connectivity index (χ0) is 15.8. The Morgan fingerprint density at radius 2 is 1.50 bits per heavy atom. The fourth-order valence-electron chi connectivity index (χ4n) is 2.42. The number of rotatable bonds is 15. The maximum Gasteiger partial charge on any atom is 1.00 e. The van der Waals surface area contributed by atoms with Gasteiger partial charge >= 0.3 is 29.6 Å². The summed E-state index contributed by atoms with van der Waals surface area (Å²) in [5.41, 5.74) is 0. The summed E-state index contributed by atoms with van der Waals surface area (Å²) in [6, 6.07) is 0. The van der Waals surface area contributed by atoms with E-state index in [1.807, 2.05) is 0 Å². The van der Waals surface area contributed by atoms with E-state index >= 15 is 0 Å². The molecule has 0 saturated heterocycles. The summed E-state index contributed by atoms with van der Waals surface area (Å²) in [6.07, 6.45) is 17.3. The predicted octanol–water partition coefficient (Wildman–Crippen LogP) is 0.749. The Morgan fingerprint density at radius 1 is 0.955 bits per heavy atom. The third-order valence-corrected chi connectivity index (χ3v) is 3.71. The molecule has 0 bridgehead atoms. The van der Waals surface area contributed by atoms with E-state index in [1.165, 1.54) is 25.7 Å². The standard InChI is InChI=1S/C18H34O3.Na/c1-2-14-17(19)15-12-10-8-6-4-3-5-7-9-11-13-16-18(20)21;/h8,10,17,19H,2-7,9,11-16H2,1H3,(H,20,21);/q;+1/p-1/b10-8+;. The molecule has 0 fully saturated rings. The number of unbranched alkanes of at least 4 members (excludes halogenated alkanes) is 7. The van der Waals surface area contributed by atoms with E-state index in [0.717, 1.165) is 51.4 Å². The molecular weight excluding hydrogens is 287 g/mol. The van der Waals surface area contributed by atoms with Crippen molar-refractivity contribution in [2.75, 3.05) is 0 Å². The minimum atomic E-state index is -0.927. The Hall–Kier alpha value is 0.170. The van der Waals surface area contributed by atoms with Gasteiger partial charge in [0.05, 0.1) is 6.10 Å². The van der Waals surface area contributed by atoms with Crippen molar-refractivity contribution in [3.05, 3.63) is 12.2 Å². The van der Waals surface area contributed by atoms with Gasteiger partial charge in [-0.15, -0.1) is 0 Å². The summed E-state index contributed by atoms with van der Waals surface area (Å²) < 4.78 is 0. The summed E-state index contributed by atoms with van der Waals surface area (Å²) in [5.74, 6) is -0.927. The second-order valence-corrected chi connectivity index (χ2v) is 5.88. The summed E-state index contributed by atoms with van der Waals surface area (Å²) in [6.45, 7) is 2.10. The third-order valence-electron chi connectivity index (χ3n) is 3.71. The first-order valence-electron chi connectivity index (χ1n) is 8.69. The molecule has 0 rings (SSSR count). The molecule has 1 unspecified atom stereocenters. The number of aliphatic hydroxyl groups excluding tert-OH is 1. The van der Waals surface area contributed by atoms with Crippen LogP contribution < -0.4 is 34.7 Å². The molecule has 0 aromatic heterocycles. The van der Waals surface area contributed by atoms with Crippen molar-refractivity contribution >= 4 is 5.97 Å². The Bertz CT molecular complexity index is 267. The van der Waals surface area contributed by atoms with Gasteiger partial charge in [0, 0.05) is 5.97 Å². The van der Waals surface area contributed by atoms with Gasteiger partial charge in [0.1, 0.15) is 0 Å². The molecule has 0 heterocycles. The number of aliphatic carboxylic acids is 1. The zero-order valence-corrected chi connectivity index (χ0v) is 16.7. The van der Waals surface area contributed by atoms with Gasteiger partial charge in [-0.3, -0.25) is 0 Å². The van der Waals surface area contributed by atoms with Gasteiger partial charge in [0.25, 0.3) is 0 Å². The largest absolute Gasteiger partial charge is 1.00 e. The second-order valence-electron chi connectivity index (χ2n) is 5.88. The molecule has 0 spiro atoms. The average molecular weight is 320 g/mol. The molecule has 0 amide bonds. The maximum atomic E-state index is 10.2. The van der Waals surface area contributed by atoms with E-state index < -0.39 is 5.97 Å². The number of allylic oxidation sites excluding steroid dienone is 2. The number of carboxylic acid groups (broad SMARTS) is 1. The molecule has 0 radical (unpaired) electrons. The summed E-state index contributed by atoms with van der Waals surface area (Å²) >= 11 is 0. The van der Waals surface area contributed by atoms with Crippen molar-refractivity contribution in [1.29, 1.82) is 0 Å². The van der Waals surface area contributed by atoms with Crippen molar-refractivity contribution in [1.82, 2.24) is 0 Å². The Labute approximate surface area is 158 Å². The fourth-order valence-corrected chi connectivity index (χ4v) is 2.42. The molecule has 22 heavy (non-hydrogen) atoms. The molecule has 1 N–H and O–H groups in total. The number of carboxylic acids is 1. The Kier molecular flexibility index (Phi) is 21.3. The van der Waals surface area contributed by atoms with Crippen molar-refractivity contribution in [2.24, 2.45) is 0 Å². The number of aliphatic hydroxyl groups is 1. The van der Waals surface area contributed by atoms with Crippen LogP contribution in [-0.2, 0) is 4.79 Å². The molecule has 0 aliphatic carbocycles. The van der Waals surface area contributed by atoms with E-state index in [2.05, 4.69) is 19.1 Å². The minimum absolute atomic E-state index is 0. The van der Waals surface area contributed by atoms with E-state index in [0.29, 0.717) is 0 Å². The smallest absolute Gasteiger partial charge is 0.550 e. The van der Waals surface area contributed by atoms with Crippen molar-refractivity contribution in [3.63, 3.8) is 0 Å². The van der Waals surface area contributed by atoms with Crippen LogP contribution in [0, 0.1) is 0 Å². The van der Waals surface area contributed by atoms with Crippen LogP contribution in [0.15, 0.2) is 12.2 Å². The van der Waals surface area contributed by atoms with Crippen LogP contribution in [0.25, 0.3) is 0 Å². The number of hydrogen-bond donors (Lipinski definition) is 1. The van der Waals surface area contributed by atoms with Crippen molar-refractivity contribution in [2.45, 2.75) is 96.5 Å². The second kappa shape index (κ2) is 19.2. The van der Waals surface area contributed by atoms with Crippen LogP contribution in [0.4, 0.5) is 0 Å². The summed E-state index contributed by atoms with van der Waals surface area (Å²) in [5, 5.41) is 19.8. The predicted molar refractivity (Wildman–Crippen MR) is 85.8 cm³/mol. The maximum absolute atomic E-state index is 10.2. The van der Waals surface area contributed by atoms with Gasteiger partial charge in [-0.2, -0.15) is 0 Å². The van der Waals surface area contributed by atoms with E-state index in [1.54, 1.807) is 0 Å². The van der Waals surface area contributed by atoms with Gasteiger partial charge < -0.3 is 15.0 Å². The van der Waals surface area contributed by atoms with Crippen LogP contribution in [-0.4, -0.2) is 17.2 Å². The molecule has 0 aliphatic heterocycles. The van der Waals surface area contributed by atoms with E-state index in [4.69, 9.17) is 0 Å². The Morgan fingerprint density at radius 3 is 2.09 bits per heavy atom. The van der Waals surface area contributed by atoms with Crippen LogP contribution in [0.2, 0.25) is 0 Å². The van der Waals surface area contributed by atoms with Gasteiger partial charge in [-0.25, -0.2) is 0 Å². The molecular formula is C18H33NaO3. The molecule has 0 aromatic rings. The van der Waals surface area contributed by atoms with Crippen LogP contribution in [0.3, 0.4) is 0 Å². The van der Waals surface area contributed by atoms with Crippen LogP contribution in [0.5, 0.6) is 0 Å². The fraction of sp³-hybridized carbons (Fsp3) is 0.833. The van der Waals surface area contributed by atoms with Gasteiger partial charge in [-0.1, -0.05) is 57.6 Å². The molecule has 0 aliphatic rings. The first-order valence-corrected chi connectivity index (χ1v) is 8.69. The topological polar surface area (TPSA) is 60.4 Å².